The Kier molecular flexibility index (Phi) is 11.1. The van der Waals surface area contributed by atoms with E-state index in [0.29, 0.717) is 15.0 Å². The second kappa shape index (κ2) is 13.9. The molecule has 0 saturated carbocycles. The van der Waals surface area contributed by atoms with E-state index < -0.39 is 0 Å². The first kappa shape index (κ1) is 23.1. The summed E-state index contributed by atoms with van der Waals surface area (Å²) >= 11 is 0. The topological polar surface area (TPSA) is 52.6 Å². The Morgan fingerprint density at radius 1 is 0.897 bits per heavy atom. The zero-order chi connectivity index (χ0) is 20.7. The van der Waals surface area contributed by atoms with Gasteiger partial charge in [0.2, 0.25) is 0 Å². The van der Waals surface area contributed by atoms with Crippen LogP contribution < -0.4 is 0 Å². The van der Waals surface area contributed by atoms with Crippen LogP contribution in [0.25, 0.3) is 0 Å². The zero-order valence-corrected chi connectivity index (χ0v) is 18.1. The molecule has 0 aromatic heterocycles. The molecule has 0 aliphatic rings. The number of hydrogen-bond donors (Lipinski definition) is 0. The number of unbranched alkanes of at least 4 members (excludes halogenated alkanes) is 1. The summed E-state index contributed by atoms with van der Waals surface area (Å²) in [6.45, 7) is 2.70. The summed E-state index contributed by atoms with van der Waals surface area (Å²) in [6.07, 6.45) is 4.93. The van der Waals surface area contributed by atoms with Crippen LogP contribution in [0.15, 0.2) is 60.7 Å². The van der Waals surface area contributed by atoms with Gasteiger partial charge in [-0.15, -0.1) is 8.58 Å². The van der Waals surface area contributed by atoms with E-state index in [0.717, 1.165) is 29.9 Å². The van der Waals surface area contributed by atoms with E-state index in [1.165, 1.54) is 6.42 Å². The monoisotopic (exact) mass is 414 g/mol. The van der Waals surface area contributed by atoms with Crippen molar-refractivity contribution < 1.29 is 19.1 Å². The molecule has 29 heavy (non-hydrogen) atoms. The Balaban J connectivity index is 1.80. The number of ether oxygens (including phenoxy) is 2. The van der Waals surface area contributed by atoms with Gasteiger partial charge in [-0.3, -0.25) is 9.59 Å². The molecule has 0 fully saturated rings. The van der Waals surface area contributed by atoms with E-state index in [2.05, 4.69) is 6.92 Å². The van der Waals surface area contributed by atoms with Crippen LogP contribution in [0.3, 0.4) is 0 Å². The van der Waals surface area contributed by atoms with Gasteiger partial charge in [0.15, 0.2) is 0 Å². The molecule has 0 spiro atoms. The molecule has 2 rings (SSSR count). The van der Waals surface area contributed by atoms with E-state index in [-0.39, 0.29) is 37.5 Å². The lowest BCUT2D eigenvalue weighted by atomic mass is 10.1. The highest BCUT2D eigenvalue weighted by Crippen LogP contribution is 2.23. The molecule has 0 aliphatic heterocycles. The Labute approximate surface area is 175 Å². The molecular formula is C24H31O4P. The second-order valence-electron chi connectivity index (χ2n) is 7.03. The normalized spacial score (nSPS) is 12.0. The quantitative estimate of drug-likeness (QED) is 0.252. The van der Waals surface area contributed by atoms with Crippen LogP contribution in [-0.2, 0) is 32.3 Å². The first-order chi connectivity index (χ1) is 14.2. The van der Waals surface area contributed by atoms with Gasteiger partial charge < -0.3 is 9.47 Å². The fourth-order valence-electron chi connectivity index (χ4n) is 2.83. The van der Waals surface area contributed by atoms with E-state index in [1.54, 1.807) is 0 Å². The lowest BCUT2D eigenvalue weighted by Crippen LogP contribution is -2.21. The maximum atomic E-state index is 12.6. The van der Waals surface area contributed by atoms with Crippen LogP contribution in [0, 0.1) is 5.92 Å². The molecule has 2 atom stereocenters. The van der Waals surface area contributed by atoms with Crippen molar-refractivity contribution in [2.24, 2.45) is 5.92 Å². The van der Waals surface area contributed by atoms with E-state index in [1.807, 2.05) is 60.7 Å². The van der Waals surface area contributed by atoms with Crippen LogP contribution in [-0.4, -0.2) is 24.3 Å². The van der Waals surface area contributed by atoms with Crippen molar-refractivity contribution in [3.8, 4) is 0 Å². The van der Waals surface area contributed by atoms with Crippen LogP contribution >= 0.6 is 8.58 Å². The third-order valence-electron chi connectivity index (χ3n) is 4.59. The highest BCUT2D eigenvalue weighted by atomic mass is 31.1. The van der Waals surface area contributed by atoms with Gasteiger partial charge in [-0.05, 0) is 36.3 Å². The summed E-state index contributed by atoms with van der Waals surface area (Å²) in [7, 11) is 0.712. The molecule has 0 aliphatic carbocycles. The Morgan fingerprint density at radius 2 is 1.48 bits per heavy atom. The molecule has 0 N–H and O–H groups in total. The first-order valence-corrected chi connectivity index (χ1v) is 11.7. The van der Waals surface area contributed by atoms with Crippen LogP contribution in [0.4, 0.5) is 0 Å². The molecule has 4 nitrogen and oxygen atoms in total. The number of carbonyl (C=O) groups is 2. The average Bonchev–Trinajstić information content (AvgIpc) is 2.77. The zero-order valence-electron chi connectivity index (χ0n) is 17.1. The highest BCUT2D eigenvalue weighted by Gasteiger charge is 2.21. The summed E-state index contributed by atoms with van der Waals surface area (Å²) in [4.78, 5) is 24.7. The minimum Gasteiger partial charge on any atom is -0.461 e. The number of hydrogen-bond acceptors (Lipinski definition) is 4. The summed E-state index contributed by atoms with van der Waals surface area (Å²) < 4.78 is 10.9. The molecular weight excluding hydrogens is 383 g/mol. The van der Waals surface area contributed by atoms with Crippen molar-refractivity contribution in [2.45, 2.75) is 45.8 Å². The Bertz CT molecular complexity index is 718. The molecule has 0 bridgehead atoms. The SMILES string of the molecule is CCCCPCC(CCC(=O)OCc1ccccc1)C(=O)OCc1ccccc1. The lowest BCUT2D eigenvalue weighted by Gasteiger charge is -2.16. The van der Waals surface area contributed by atoms with Crippen LogP contribution in [0.2, 0.25) is 0 Å². The molecule has 2 unspecified atom stereocenters. The summed E-state index contributed by atoms with van der Waals surface area (Å²) in [6, 6.07) is 19.3. The molecule has 5 heteroatoms. The molecule has 0 saturated heterocycles. The second-order valence-corrected chi connectivity index (χ2v) is 8.44. The highest BCUT2D eigenvalue weighted by molar-refractivity contribution is 7.38. The minimum atomic E-state index is -0.272. The predicted octanol–water partition coefficient (Wildman–Crippen LogP) is 5.35. The van der Waals surface area contributed by atoms with Crippen LogP contribution in [0.5, 0.6) is 0 Å². The maximum absolute atomic E-state index is 12.6. The predicted molar refractivity (Wildman–Crippen MR) is 118 cm³/mol. The summed E-state index contributed by atoms with van der Waals surface area (Å²) in [5, 5.41) is 0. The van der Waals surface area contributed by atoms with Gasteiger partial charge in [-0.25, -0.2) is 0 Å². The third-order valence-corrected chi connectivity index (χ3v) is 6.08. The van der Waals surface area contributed by atoms with E-state index >= 15 is 0 Å². The smallest absolute Gasteiger partial charge is 0.309 e. The average molecular weight is 414 g/mol. The van der Waals surface area contributed by atoms with E-state index in [9.17, 15) is 9.59 Å². The number of esters is 2. The standard InChI is InChI=1S/C24H31O4P/c1-2-3-16-29-19-22(24(26)28-18-21-12-8-5-9-13-21)14-15-23(25)27-17-20-10-6-4-7-11-20/h4-13,22,29H,2-3,14-19H2,1H3. The van der Waals surface area contributed by atoms with E-state index in [4.69, 9.17) is 9.47 Å². The Morgan fingerprint density at radius 3 is 2.07 bits per heavy atom. The minimum absolute atomic E-state index is 0.214. The van der Waals surface area contributed by atoms with Gasteiger partial charge in [-0.1, -0.05) is 74.0 Å². The number of benzene rings is 2. The van der Waals surface area contributed by atoms with Gasteiger partial charge in [0.05, 0.1) is 5.92 Å². The number of carbonyl (C=O) groups excluding carboxylic acids is 2. The molecule has 156 valence electrons. The molecule has 2 aromatic carbocycles. The summed E-state index contributed by atoms with van der Waals surface area (Å²) in [5.74, 6) is -0.738. The van der Waals surface area contributed by atoms with Gasteiger partial charge in [-0.2, -0.15) is 0 Å². The fourth-order valence-corrected chi connectivity index (χ4v) is 4.36. The third kappa shape index (κ3) is 9.71. The summed E-state index contributed by atoms with van der Waals surface area (Å²) in [5.41, 5.74) is 1.93. The molecule has 0 radical (unpaired) electrons. The van der Waals surface area contributed by atoms with Crippen molar-refractivity contribution in [2.75, 3.05) is 12.3 Å². The molecule has 2 aromatic rings. The largest absolute Gasteiger partial charge is 0.461 e. The van der Waals surface area contributed by atoms with Crippen LogP contribution in [0.1, 0.15) is 43.7 Å². The molecule has 0 heterocycles. The van der Waals surface area contributed by atoms with Gasteiger partial charge in [0.25, 0.3) is 0 Å². The van der Waals surface area contributed by atoms with Gasteiger partial charge >= 0.3 is 11.9 Å². The first-order valence-electron chi connectivity index (χ1n) is 10.3. The van der Waals surface area contributed by atoms with Crippen molar-refractivity contribution in [1.29, 1.82) is 0 Å². The van der Waals surface area contributed by atoms with Gasteiger partial charge in [0, 0.05) is 6.42 Å². The molecule has 0 amide bonds. The lowest BCUT2D eigenvalue weighted by molar-refractivity contribution is -0.150. The number of rotatable bonds is 13. The van der Waals surface area contributed by atoms with Crippen molar-refractivity contribution >= 4 is 20.5 Å². The van der Waals surface area contributed by atoms with Gasteiger partial charge in [0.1, 0.15) is 13.2 Å². The Hall–Kier alpha value is -2.19. The fraction of sp³-hybridized carbons (Fsp3) is 0.417. The van der Waals surface area contributed by atoms with Crippen molar-refractivity contribution in [1.82, 2.24) is 0 Å². The van der Waals surface area contributed by atoms with Crippen molar-refractivity contribution in [3.63, 3.8) is 0 Å². The maximum Gasteiger partial charge on any atom is 0.309 e. The van der Waals surface area contributed by atoms with Crippen molar-refractivity contribution in [3.05, 3.63) is 71.8 Å².